The Bertz CT molecular complexity index is 784. The molecule has 1 saturated carbocycles. The van der Waals surface area contributed by atoms with Crippen LogP contribution in [0.1, 0.15) is 65.1 Å². The Morgan fingerprint density at radius 2 is 1.56 bits per heavy atom. The molecule has 5 nitrogen and oxygen atoms in total. The first-order valence-corrected chi connectivity index (χ1v) is 9.42. The molecule has 0 atom stereocenters. The van der Waals surface area contributed by atoms with Crippen LogP contribution >= 0.6 is 0 Å². The molecule has 0 saturated heterocycles. The van der Waals surface area contributed by atoms with Crippen molar-refractivity contribution in [3.8, 4) is 0 Å². The van der Waals surface area contributed by atoms with Crippen LogP contribution < -0.4 is 10.6 Å². The molecule has 142 valence electrons. The van der Waals surface area contributed by atoms with Crippen molar-refractivity contribution in [2.24, 2.45) is 0 Å². The van der Waals surface area contributed by atoms with Gasteiger partial charge in [-0.1, -0.05) is 43.9 Å². The predicted molar refractivity (Wildman–Crippen MR) is 101 cm³/mol. The molecule has 0 unspecified atom stereocenters. The maximum absolute atomic E-state index is 12.9. The maximum Gasteiger partial charge on any atom is 0.270 e. The first-order valence-electron chi connectivity index (χ1n) is 9.42. The molecule has 3 rings (SSSR count). The lowest BCUT2D eigenvalue weighted by molar-refractivity contribution is 0.0927. The number of pyridine rings is 1. The van der Waals surface area contributed by atoms with Crippen LogP contribution in [0.2, 0.25) is 0 Å². The highest BCUT2D eigenvalue weighted by molar-refractivity contribution is 5.96. The third-order valence-corrected chi connectivity index (χ3v) is 4.77. The van der Waals surface area contributed by atoms with E-state index in [0.29, 0.717) is 0 Å². The highest BCUT2D eigenvalue weighted by Crippen LogP contribution is 2.17. The van der Waals surface area contributed by atoms with Gasteiger partial charge in [0.25, 0.3) is 11.8 Å². The van der Waals surface area contributed by atoms with Crippen molar-refractivity contribution in [3.05, 3.63) is 65.2 Å². The van der Waals surface area contributed by atoms with E-state index < -0.39 is 0 Å². The molecule has 1 aromatic heterocycles. The Balaban J connectivity index is 1.59. The van der Waals surface area contributed by atoms with Crippen molar-refractivity contribution in [2.45, 2.75) is 51.1 Å². The summed E-state index contributed by atoms with van der Waals surface area (Å²) in [6, 6.07) is 10.9. The summed E-state index contributed by atoms with van der Waals surface area (Å²) in [6.07, 6.45) is 6.67. The summed E-state index contributed by atoms with van der Waals surface area (Å²) in [6.45, 7) is 0.263. The van der Waals surface area contributed by atoms with Crippen molar-refractivity contribution in [1.29, 1.82) is 0 Å². The van der Waals surface area contributed by atoms with Crippen LogP contribution in [-0.4, -0.2) is 22.8 Å². The van der Waals surface area contributed by atoms with Crippen molar-refractivity contribution in [1.82, 2.24) is 15.6 Å². The van der Waals surface area contributed by atoms with E-state index in [-0.39, 0.29) is 41.6 Å². The third-order valence-electron chi connectivity index (χ3n) is 4.77. The van der Waals surface area contributed by atoms with Crippen molar-refractivity contribution >= 4 is 11.8 Å². The second-order valence-corrected chi connectivity index (χ2v) is 6.88. The van der Waals surface area contributed by atoms with E-state index in [4.69, 9.17) is 0 Å². The first-order chi connectivity index (χ1) is 13.1. The average Bonchev–Trinajstić information content (AvgIpc) is 2.96. The summed E-state index contributed by atoms with van der Waals surface area (Å²) in [5.41, 5.74) is 1.21. The average molecular weight is 369 g/mol. The normalized spacial score (nSPS) is 15.0. The number of carbonyl (C=O) groups is 2. The van der Waals surface area contributed by atoms with E-state index in [1.807, 2.05) is 0 Å². The number of nitrogens with zero attached hydrogens (tertiary/aromatic N) is 1. The van der Waals surface area contributed by atoms with Gasteiger partial charge in [-0.3, -0.25) is 9.59 Å². The van der Waals surface area contributed by atoms with Crippen LogP contribution in [0.25, 0.3) is 0 Å². The van der Waals surface area contributed by atoms with E-state index in [9.17, 15) is 14.0 Å². The highest BCUT2D eigenvalue weighted by Gasteiger charge is 2.17. The Morgan fingerprint density at radius 3 is 2.22 bits per heavy atom. The molecule has 1 aliphatic carbocycles. The summed E-state index contributed by atoms with van der Waals surface area (Å²) in [7, 11) is 0. The summed E-state index contributed by atoms with van der Waals surface area (Å²) < 4.78 is 12.9. The van der Waals surface area contributed by atoms with Gasteiger partial charge in [0.15, 0.2) is 0 Å². The molecule has 0 radical (unpaired) electrons. The van der Waals surface area contributed by atoms with Gasteiger partial charge in [0.2, 0.25) is 0 Å². The van der Waals surface area contributed by atoms with Gasteiger partial charge < -0.3 is 10.6 Å². The minimum Gasteiger partial charge on any atom is -0.348 e. The SMILES string of the molecule is O=C(NCc1ccc(F)cc1)c1cccc(C(=O)NC2CCCCCC2)n1. The van der Waals surface area contributed by atoms with Crippen LogP contribution in [0.3, 0.4) is 0 Å². The fraction of sp³-hybridized carbons (Fsp3) is 0.381. The first kappa shape index (κ1) is 19.0. The van der Waals surface area contributed by atoms with Crippen LogP contribution in [0, 0.1) is 5.82 Å². The lowest BCUT2D eigenvalue weighted by atomic mass is 10.1. The van der Waals surface area contributed by atoms with Crippen molar-refractivity contribution in [3.63, 3.8) is 0 Å². The molecule has 0 aliphatic heterocycles. The van der Waals surface area contributed by atoms with Crippen molar-refractivity contribution in [2.75, 3.05) is 0 Å². The number of aromatic nitrogens is 1. The summed E-state index contributed by atoms with van der Waals surface area (Å²) >= 11 is 0. The lowest BCUT2D eigenvalue weighted by Crippen LogP contribution is -2.35. The van der Waals surface area contributed by atoms with Gasteiger partial charge in [0.1, 0.15) is 17.2 Å². The van der Waals surface area contributed by atoms with Crippen LogP contribution in [0.5, 0.6) is 0 Å². The Hall–Kier alpha value is -2.76. The highest BCUT2D eigenvalue weighted by atomic mass is 19.1. The molecule has 0 spiro atoms. The maximum atomic E-state index is 12.9. The molecular formula is C21H24FN3O2. The number of rotatable bonds is 5. The fourth-order valence-electron chi connectivity index (χ4n) is 3.25. The van der Waals surface area contributed by atoms with Gasteiger partial charge in [-0.25, -0.2) is 9.37 Å². The standard InChI is InChI=1S/C21H24FN3O2/c22-16-12-10-15(11-13-16)14-23-20(26)18-8-5-9-19(25-18)21(27)24-17-6-3-1-2-4-7-17/h5,8-13,17H,1-4,6-7,14H2,(H,23,26)(H,24,27). The monoisotopic (exact) mass is 369 g/mol. The largest absolute Gasteiger partial charge is 0.348 e. The van der Waals surface area contributed by atoms with Gasteiger partial charge in [-0.15, -0.1) is 0 Å². The number of amides is 2. The van der Waals surface area contributed by atoms with E-state index in [2.05, 4.69) is 15.6 Å². The van der Waals surface area contributed by atoms with E-state index in [1.165, 1.54) is 25.0 Å². The molecular weight excluding hydrogens is 345 g/mol. The number of hydrogen-bond acceptors (Lipinski definition) is 3. The van der Waals surface area contributed by atoms with Gasteiger partial charge in [0, 0.05) is 12.6 Å². The molecule has 1 aliphatic rings. The number of hydrogen-bond donors (Lipinski definition) is 2. The quantitative estimate of drug-likeness (QED) is 0.791. The van der Waals surface area contributed by atoms with Gasteiger partial charge >= 0.3 is 0 Å². The molecule has 6 heteroatoms. The summed E-state index contributed by atoms with van der Waals surface area (Å²) in [4.78, 5) is 29.0. The second-order valence-electron chi connectivity index (χ2n) is 6.88. The zero-order valence-electron chi connectivity index (χ0n) is 15.2. The summed E-state index contributed by atoms with van der Waals surface area (Å²) in [5.74, 6) is -0.933. The Morgan fingerprint density at radius 1 is 0.926 bits per heavy atom. The number of halogens is 1. The Labute approximate surface area is 158 Å². The molecule has 1 fully saturated rings. The van der Waals surface area contributed by atoms with E-state index in [1.54, 1.807) is 30.3 Å². The molecule has 2 aromatic rings. The lowest BCUT2D eigenvalue weighted by Gasteiger charge is -2.16. The fourth-order valence-corrected chi connectivity index (χ4v) is 3.25. The Kier molecular flexibility index (Phi) is 6.52. The smallest absolute Gasteiger partial charge is 0.270 e. The molecule has 2 N–H and O–H groups in total. The van der Waals surface area contributed by atoms with Crippen LogP contribution in [0.15, 0.2) is 42.5 Å². The molecule has 1 aromatic carbocycles. The third kappa shape index (κ3) is 5.61. The van der Waals surface area contributed by atoms with E-state index in [0.717, 1.165) is 31.2 Å². The number of nitrogens with one attached hydrogen (secondary N) is 2. The number of benzene rings is 1. The zero-order chi connectivity index (χ0) is 19.1. The zero-order valence-corrected chi connectivity index (χ0v) is 15.2. The van der Waals surface area contributed by atoms with Crippen LogP contribution in [-0.2, 0) is 6.54 Å². The van der Waals surface area contributed by atoms with Crippen LogP contribution in [0.4, 0.5) is 4.39 Å². The predicted octanol–water partition coefficient (Wildman–Crippen LogP) is 3.60. The minimum atomic E-state index is -0.372. The van der Waals surface area contributed by atoms with Crippen molar-refractivity contribution < 1.29 is 14.0 Å². The summed E-state index contributed by atoms with van der Waals surface area (Å²) in [5, 5.41) is 5.77. The van der Waals surface area contributed by atoms with E-state index >= 15 is 0 Å². The molecule has 2 amide bonds. The topological polar surface area (TPSA) is 71.1 Å². The number of carbonyl (C=O) groups excluding carboxylic acids is 2. The molecule has 1 heterocycles. The minimum absolute atomic E-state index is 0.178. The van der Waals surface area contributed by atoms with Gasteiger partial charge in [-0.05, 0) is 42.7 Å². The second kappa shape index (κ2) is 9.26. The van der Waals surface area contributed by atoms with Gasteiger partial charge in [0.05, 0.1) is 0 Å². The van der Waals surface area contributed by atoms with Gasteiger partial charge in [-0.2, -0.15) is 0 Å². The molecule has 27 heavy (non-hydrogen) atoms. The molecule has 0 bridgehead atoms.